The SMILES string of the molecule is CCOC(=O)c1ccccc1-c1ccccc1-c1cc(Cl)ccc1OCC(C)C. The molecule has 0 bridgehead atoms. The van der Waals surface area contributed by atoms with Crippen LogP contribution in [0, 0.1) is 5.92 Å². The van der Waals surface area contributed by atoms with Gasteiger partial charge in [-0.25, -0.2) is 4.79 Å². The lowest BCUT2D eigenvalue weighted by Crippen LogP contribution is -2.07. The molecule has 3 rings (SSSR count). The van der Waals surface area contributed by atoms with E-state index in [0.717, 1.165) is 28.0 Å². The lowest BCUT2D eigenvalue weighted by Gasteiger charge is -2.17. The molecule has 0 aromatic heterocycles. The number of ether oxygens (including phenoxy) is 2. The van der Waals surface area contributed by atoms with E-state index < -0.39 is 0 Å². The number of esters is 1. The van der Waals surface area contributed by atoms with Gasteiger partial charge >= 0.3 is 5.97 Å². The Morgan fingerprint density at radius 1 is 0.897 bits per heavy atom. The Morgan fingerprint density at radius 2 is 1.52 bits per heavy atom. The van der Waals surface area contributed by atoms with Crippen molar-refractivity contribution in [3.63, 3.8) is 0 Å². The Morgan fingerprint density at radius 3 is 2.17 bits per heavy atom. The van der Waals surface area contributed by atoms with E-state index in [4.69, 9.17) is 21.1 Å². The average molecular weight is 409 g/mol. The van der Waals surface area contributed by atoms with Crippen molar-refractivity contribution in [1.82, 2.24) is 0 Å². The highest BCUT2D eigenvalue weighted by molar-refractivity contribution is 6.31. The van der Waals surface area contributed by atoms with Crippen molar-refractivity contribution in [2.45, 2.75) is 20.8 Å². The lowest BCUT2D eigenvalue weighted by molar-refractivity contribution is 0.0527. The van der Waals surface area contributed by atoms with Gasteiger partial charge in [0.2, 0.25) is 0 Å². The van der Waals surface area contributed by atoms with Crippen LogP contribution in [0.15, 0.2) is 66.7 Å². The first-order valence-electron chi connectivity index (χ1n) is 9.79. The van der Waals surface area contributed by atoms with Crippen LogP contribution in [0.5, 0.6) is 5.75 Å². The Hall–Kier alpha value is -2.78. The summed E-state index contributed by atoms with van der Waals surface area (Å²) in [4.78, 5) is 12.5. The smallest absolute Gasteiger partial charge is 0.338 e. The van der Waals surface area contributed by atoms with Crippen LogP contribution in [0.2, 0.25) is 5.02 Å². The molecular formula is C25H25ClO3. The molecule has 0 atom stereocenters. The van der Waals surface area contributed by atoms with E-state index in [-0.39, 0.29) is 5.97 Å². The third-order valence-corrected chi connectivity index (χ3v) is 4.68. The van der Waals surface area contributed by atoms with Gasteiger partial charge in [-0.3, -0.25) is 0 Å². The molecule has 0 amide bonds. The molecule has 0 fully saturated rings. The van der Waals surface area contributed by atoms with E-state index in [9.17, 15) is 4.79 Å². The van der Waals surface area contributed by atoms with Crippen molar-refractivity contribution in [3.05, 3.63) is 77.3 Å². The van der Waals surface area contributed by atoms with E-state index in [2.05, 4.69) is 13.8 Å². The molecule has 3 nitrogen and oxygen atoms in total. The first-order chi connectivity index (χ1) is 14.0. The van der Waals surface area contributed by atoms with Crippen LogP contribution in [-0.4, -0.2) is 19.2 Å². The molecule has 3 aromatic rings. The standard InChI is InChI=1S/C25H25ClO3/c1-4-28-25(27)22-12-8-7-10-20(22)19-9-5-6-11-21(19)23-15-18(26)13-14-24(23)29-16-17(2)3/h5-15,17H,4,16H2,1-3H3. The normalized spacial score (nSPS) is 10.8. The summed E-state index contributed by atoms with van der Waals surface area (Å²) < 4.78 is 11.3. The van der Waals surface area contributed by atoms with Crippen molar-refractivity contribution < 1.29 is 14.3 Å². The quantitative estimate of drug-likeness (QED) is 0.399. The molecule has 0 N–H and O–H groups in total. The maximum absolute atomic E-state index is 12.5. The molecule has 0 heterocycles. The summed E-state index contributed by atoms with van der Waals surface area (Å²) in [6, 6.07) is 21.1. The van der Waals surface area contributed by atoms with Crippen molar-refractivity contribution in [2.24, 2.45) is 5.92 Å². The van der Waals surface area contributed by atoms with Crippen molar-refractivity contribution >= 4 is 17.6 Å². The molecular weight excluding hydrogens is 384 g/mol. The van der Waals surface area contributed by atoms with Crippen molar-refractivity contribution in [1.29, 1.82) is 0 Å². The van der Waals surface area contributed by atoms with Crippen LogP contribution in [-0.2, 0) is 4.74 Å². The van der Waals surface area contributed by atoms with Crippen LogP contribution in [0.4, 0.5) is 0 Å². The number of carbonyl (C=O) groups is 1. The van der Waals surface area contributed by atoms with Gasteiger partial charge in [-0.15, -0.1) is 0 Å². The van der Waals surface area contributed by atoms with Crippen molar-refractivity contribution in [2.75, 3.05) is 13.2 Å². The molecule has 150 valence electrons. The summed E-state index contributed by atoms with van der Waals surface area (Å²) in [7, 11) is 0. The van der Waals surface area contributed by atoms with Gasteiger partial charge in [0.05, 0.1) is 18.8 Å². The first-order valence-corrected chi connectivity index (χ1v) is 10.2. The molecule has 0 aliphatic rings. The summed E-state index contributed by atoms with van der Waals surface area (Å²) in [5.41, 5.74) is 4.12. The second-order valence-corrected chi connectivity index (χ2v) is 7.59. The minimum absolute atomic E-state index is 0.330. The summed E-state index contributed by atoms with van der Waals surface area (Å²) in [5, 5.41) is 0.630. The number of benzene rings is 3. The average Bonchev–Trinajstić information content (AvgIpc) is 2.73. The van der Waals surface area contributed by atoms with E-state index >= 15 is 0 Å². The molecule has 0 aliphatic carbocycles. The largest absolute Gasteiger partial charge is 0.493 e. The first kappa shape index (κ1) is 20.9. The van der Waals surface area contributed by atoms with Gasteiger partial charge in [-0.2, -0.15) is 0 Å². The Balaban J connectivity index is 2.15. The van der Waals surface area contributed by atoms with Gasteiger partial charge in [0.1, 0.15) is 5.75 Å². The molecule has 4 heteroatoms. The van der Waals surface area contributed by atoms with E-state index in [1.54, 1.807) is 13.0 Å². The zero-order valence-corrected chi connectivity index (χ0v) is 17.7. The maximum atomic E-state index is 12.5. The lowest BCUT2D eigenvalue weighted by atomic mass is 9.91. The molecule has 29 heavy (non-hydrogen) atoms. The number of hydrogen-bond donors (Lipinski definition) is 0. The molecule has 0 saturated carbocycles. The molecule has 0 saturated heterocycles. The van der Waals surface area contributed by atoms with E-state index in [0.29, 0.717) is 29.7 Å². The summed E-state index contributed by atoms with van der Waals surface area (Å²) >= 11 is 6.32. The summed E-state index contributed by atoms with van der Waals surface area (Å²) in [6.07, 6.45) is 0. The van der Waals surface area contributed by atoms with Crippen LogP contribution in [0.3, 0.4) is 0 Å². The molecule has 3 aromatic carbocycles. The van der Waals surface area contributed by atoms with Crippen molar-refractivity contribution in [3.8, 4) is 28.0 Å². The summed E-state index contributed by atoms with van der Waals surface area (Å²) in [5.74, 6) is 0.836. The number of hydrogen-bond acceptors (Lipinski definition) is 3. The highest BCUT2D eigenvalue weighted by atomic mass is 35.5. The van der Waals surface area contributed by atoms with Crippen LogP contribution >= 0.6 is 11.6 Å². The third-order valence-electron chi connectivity index (χ3n) is 4.44. The Kier molecular flexibility index (Phi) is 6.95. The molecule has 0 radical (unpaired) electrons. The van der Waals surface area contributed by atoms with Crippen LogP contribution in [0.25, 0.3) is 22.3 Å². The molecule has 0 unspecified atom stereocenters. The fourth-order valence-electron chi connectivity index (χ4n) is 3.15. The van der Waals surface area contributed by atoms with E-state index in [1.165, 1.54) is 0 Å². The minimum atomic E-state index is -0.333. The second kappa shape index (κ2) is 9.62. The zero-order valence-electron chi connectivity index (χ0n) is 16.9. The maximum Gasteiger partial charge on any atom is 0.338 e. The van der Waals surface area contributed by atoms with Gasteiger partial charge in [0.15, 0.2) is 0 Å². The van der Waals surface area contributed by atoms with Gasteiger partial charge in [0, 0.05) is 10.6 Å². The highest BCUT2D eigenvalue weighted by Gasteiger charge is 2.18. The predicted molar refractivity (Wildman–Crippen MR) is 119 cm³/mol. The Labute approximate surface area is 177 Å². The number of halogens is 1. The van der Waals surface area contributed by atoms with Gasteiger partial charge < -0.3 is 9.47 Å². The zero-order chi connectivity index (χ0) is 20.8. The van der Waals surface area contributed by atoms with Gasteiger partial charge in [-0.05, 0) is 53.8 Å². The fraction of sp³-hybridized carbons (Fsp3) is 0.240. The molecule has 0 aliphatic heterocycles. The summed E-state index contributed by atoms with van der Waals surface area (Å²) in [6.45, 7) is 6.96. The Bertz CT molecular complexity index is 995. The minimum Gasteiger partial charge on any atom is -0.493 e. The predicted octanol–water partition coefficient (Wildman–Crippen LogP) is 6.89. The molecule has 0 spiro atoms. The third kappa shape index (κ3) is 4.99. The fourth-order valence-corrected chi connectivity index (χ4v) is 3.32. The monoisotopic (exact) mass is 408 g/mol. The van der Waals surface area contributed by atoms with Crippen LogP contribution < -0.4 is 4.74 Å². The highest BCUT2D eigenvalue weighted by Crippen LogP contribution is 2.40. The number of carbonyl (C=O) groups excluding carboxylic acids is 1. The second-order valence-electron chi connectivity index (χ2n) is 7.16. The van der Waals surface area contributed by atoms with E-state index in [1.807, 2.05) is 60.7 Å². The van der Waals surface area contributed by atoms with Crippen LogP contribution in [0.1, 0.15) is 31.1 Å². The van der Waals surface area contributed by atoms with Gasteiger partial charge in [0.25, 0.3) is 0 Å². The number of rotatable bonds is 7. The van der Waals surface area contributed by atoms with Gasteiger partial charge in [-0.1, -0.05) is 67.9 Å². The topological polar surface area (TPSA) is 35.5 Å².